The van der Waals surface area contributed by atoms with Gasteiger partial charge in [-0.2, -0.15) is 0 Å². The number of amides is 2. The highest BCUT2D eigenvalue weighted by molar-refractivity contribution is 7.17. The molecule has 1 aliphatic carbocycles. The first-order chi connectivity index (χ1) is 14.7. The number of rotatable bonds is 5. The molecule has 2 N–H and O–H groups in total. The van der Waals surface area contributed by atoms with Crippen molar-refractivity contribution in [3.05, 3.63) is 22.6 Å². The molecular formula is C23H32N4O3S. The molecule has 1 saturated heterocycles. The van der Waals surface area contributed by atoms with Gasteiger partial charge in [-0.1, -0.05) is 20.8 Å². The van der Waals surface area contributed by atoms with Crippen molar-refractivity contribution in [1.82, 2.24) is 15.2 Å². The second-order valence-corrected chi connectivity index (χ2v) is 10.7. The van der Waals surface area contributed by atoms with Crippen LogP contribution >= 0.6 is 11.3 Å². The van der Waals surface area contributed by atoms with Gasteiger partial charge in [-0.25, -0.2) is 9.78 Å². The van der Waals surface area contributed by atoms with Crippen molar-refractivity contribution in [1.29, 1.82) is 0 Å². The summed E-state index contributed by atoms with van der Waals surface area (Å²) >= 11 is 1.57. The van der Waals surface area contributed by atoms with Crippen LogP contribution < -0.4 is 10.2 Å². The Labute approximate surface area is 187 Å². The van der Waals surface area contributed by atoms with Crippen molar-refractivity contribution >= 4 is 39.4 Å². The van der Waals surface area contributed by atoms with Crippen molar-refractivity contribution in [3.8, 4) is 0 Å². The average molecular weight is 445 g/mol. The SMILES string of the molecule is CNC(=O)c1csc2c(C(C)(C)C)cc(N3CCC(N(CC4CC4)C(=O)O)CC3)nc12. The van der Waals surface area contributed by atoms with Gasteiger partial charge in [0.1, 0.15) is 5.82 Å². The summed E-state index contributed by atoms with van der Waals surface area (Å²) in [6, 6.07) is 2.23. The van der Waals surface area contributed by atoms with Crippen LogP contribution in [0.1, 0.15) is 62.4 Å². The minimum absolute atomic E-state index is 0.0720. The summed E-state index contributed by atoms with van der Waals surface area (Å²) < 4.78 is 1.06. The van der Waals surface area contributed by atoms with Gasteiger partial charge in [-0.3, -0.25) is 4.79 Å². The van der Waals surface area contributed by atoms with Gasteiger partial charge in [0.15, 0.2) is 0 Å². The van der Waals surface area contributed by atoms with Crippen LogP contribution in [-0.4, -0.2) is 59.7 Å². The summed E-state index contributed by atoms with van der Waals surface area (Å²) in [4.78, 5) is 33.0. The smallest absolute Gasteiger partial charge is 0.407 e. The third-order valence-corrected chi connectivity index (χ3v) is 7.42. The van der Waals surface area contributed by atoms with Gasteiger partial charge in [0.2, 0.25) is 0 Å². The zero-order valence-corrected chi connectivity index (χ0v) is 19.6. The van der Waals surface area contributed by atoms with Crippen LogP contribution in [0.5, 0.6) is 0 Å². The number of pyridine rings is 1. The predicted octanol–water partition coefficient (Wildman–Crippen LogP) is 4.31. The average Bonchev–Trinajstić information content (AvgIpc) is 3.46. The van der Waals surface area contributed by atoms with E-state index in [-0.39, 0.29) is 17.4 Å². The van der Waals surface area contributed by atoms with E-state index >= 15 is 0 Å². The maximum Gasteiger partial charge on any atom is 0.407 e. The summed E-state index contributed by atoms with van der Waals surface area (Å²) in [5.41, 5.74) is 2.49. The molecule has 1 saturated carbocycles. The molecule has 0 radical (unpaired) electrons. The van der Waals surface area contributed by atoms with Gasteiger partial charge >= 0.3 is 6.09 Å². The number of thiophene rings is 1. The van der Waals surface area contributed by atoms with E-state index < -0.39 is 6.09 Å². The van der Waals surface area contributed by atoms with Crippen molar-refractivity contribution in [2.75, 3.05) is 31.6 Å². The number of carbonyl (C=O) groups excluding carboxylic acids is 1. The number of carboxylic acid groups (broad SMARTS) is 1. The molecule has 2 aromatic heterocycles. The van der Waals surface area contributed by atoms with Crippen LogP contribution in [0.3, 0.4) is 0 Å². The quantitative estimate of drug-likeness (QED) is 0.718. The summed E-state index contributed by atoms with van der Waals surface area (Å²) in [5, 5.41) is 14.3. The van der Waals surface area contributed by atoms with Gasteiger partial charge in [-0.15, -0.1) is 11.3 Å². The van der Waals surface area contributed by atoms with Crippen LogP contribution in [0, 0.1) is 5.92 Å². The molecule has 168 valence electrons. The van der Waals surface area contributed by atoms with Gasteiger partial charge in [0, 0.05) is 38.1 Å². The Hall–Kier alpha value is -2.35. The first-order valence-electron chi connectivity index (χ1n) is 11.1. The summed E-state index contributed by atoms with van der Waals surface area (Å²) in [6.45, 7) is 8.74. The highest BCUT2D eigenvalue weighted by Gasteiger charge is 2.34. The molecule has 1 aliphatic heterocycles. The first-order valence-corrected chi connectivity index (χ1v) is 12.0. The third kappa shape index (κ3) is 4.49. The van der Waals surface area contributed by atoms with E-state index in [9.17, 15) is 14.7 Å². The maximum atomic E-state index is 12.4. The molecule has 2 aliphatic rings. The van der Waals surface area contributed by atoms with Gasteiger partial charge in [0.05, 0.1) is 15.8 Å². The molecule has 31 heavy (non-hydrogen) atoms. The van der Waals surface area contributed by atoms with Gasteiger partial charge in [-0.05, 0) is 48.6 Å². The number of nitrogens with one attached hydrogen (secondary N) is 1. The maximum absolute atomic E-state index is 12.4. The normalized spacial score (nSPS) is 17.7. The lowest BCUT2D eigenvalue weighted by molar-refractivity contribution is 0.0964. The molecular weight excluding hydrogens is 412 g/mol. The topological polar surface area (TPSA) is 85.8 Å². The Morgan fingerprint density at radius 3 is 2.48 bits per heavy atom. The summed E-state index contributed by atoms with van der Waals surface area (Å²) in [7, 11) is 1.64. The minimum Gasteiger partial charge on any atom is -0.465 e. The van der Waals surface area contributed by atoms with Gasteiger partial charge in [0.25, 0.3) is 5.91 Å². The van der Waals surface area contributed by atoms with Crippen LogP contribution in [-0.2, 0) is 5.41 Å². The first kappa shape index (κ1) is 21.9. The minimum atomic E-state index is -0.798. The van der Waals surface area contributed by atoms with Crippen molar-refractivity contribution in [3.63, 3.8) is 0 Å². The second-order valence-electron chi connectivity index (χ2n) is 9.78. The Morgan fingerprint density at radius 1 is 1.26 bits per heavy atom. The van der Waals surface area contributed by atoms with E-state index in [1.165, 1.54) is 5.56 Å². The molecule has 0 atom stereocenters. The van der Waals surface area contributed by atoms with E-state index in [2.05, 4.69) is 37.1 Å². The van der Waals surface area contributed by atoms with Crippen LogP contribution in [0.15, 0.2) is 11.4 Å². The molecule has 3 heterocycles. The fraction of sp³-hybridized carbons (Fsp3) is 0.609. The molecule has 0 unspecified atom stereocenters. The van der Waals surface area contributed by atoms with E-state index in [4.69, 9.17) is 4.98 Å². The summed E-state index contributed by atoms with van der Waals surface area (Å²) in [6.07, 6.45) is 3.10. The second kappa shape index (κ2) is 8.30. The van der Waals surface area contributed by atoms with Crippen LogP contribution in [0.25, 0.3) is 10.2 Å². The molecule has 7 nitrogen and oxygen atoms in total. The fourth-order valence-electron chi connectivity index (χ4n) is 4.38. The zero-order valence-electron chi connectivity index (χ0n) is 18.8. The van der Waals surface area contributed by atoms with Crippen molar-refractivity contribution in [2.45, 2.75) is 57.9 Å². The molecule has 0 aromatic carbocycles. The molecule has 0 bridgehead atoms. The number of anilines is 1. The summed E-state index contributed by atoms with van der Waals surface area (Å²) in [5.74, 6) is 1.31. The van der Waals surface area contributed by atoms with Gasteiger partial charge < -0.3 is 20.2 Å². The Balaban J connectivity index is 1.61. The molecule has 2 amide bonds. The number of carbonyl (C=O) groups is 2. The predicted molar refractivity (Wildman–Crippen MR) is 124 cm³/mol. The fourth-order valence-corrected chi connectivity index (χ4v) is 5.59. The van der Waals surface area contributed by atoms with E-state index in [1.807, 2.05) is 5.38 Å². The zero-order chi connectivity index (χ0) is 22.3. The Bertz CT molecular complexity index is 985. The van der Waals surface area contributed by atoms with E-state index in [0.29, 0.717) is 18.0 Å². The lowest BCUT2D eigenvalue weighted by atomic mass is 9.87. The lowest BCUT2D eigenvalue weighted by Gasteiger charge is -2.38. The molecule has 4 rings (SSSR count). The van der Waals surface area contributed by atoms with Crippen LogP contribution in [0.4, 0.5) is 10.6 Å². The Kier molecular flexibility index (Phi) is 5.85. The molecule has 0 spiro atoms. The monoisotopic (exact) mass is 444 g/mol. The largest absolute Gasteiger partial charge is 0.465 e. The third-order valence-electron chi connectivity index (χ3n) is 6.42. The Morgan fingerprint density at radius 2 is 1.94 bits per heavy atom. The van der Waals surface area contributed by atoms with E-state index in [0.717, 1.165) is 54.8 Å². The van der Waals surface area contributed by atoms with E-state index in [1.54, 1.807) is 23.3 Å². The lowest BCUT2D eigenvalue weighted by Crippen LogP contribution is -2.48. The number of fused-ring (bicyclic) bond motifs is 1. The number of hydrogen-bond donors (Lipinski definition) is 2. The standard InChI is InChI=1S/C23H32N4O3S/c1-23(2,3)17-11-18(25-19-16(21(28)24-4)13-31-20(17)19)26-9-7-15(8-10-26)27(22(29)30)12-14-5-6-14/h11,13-15H,5-10,12H2,1-4H3,(H,24,28)(H,29,30). The molecule has 8 heteroatoms. The molecule has 2 fully saturated rings. The van der Waals surface area contributed by atoms with Crippen molar-refractivity contribution < 1.29 is 14.7 Å². The van der Waals surface area contributed by atoms with Crippen molar-refractivity contribution in [2.24, 2.45) is 5.92 Å². The number of hydrogen-bond acceptors (Lipinski definition) is 5. The highest BCUT2D eigenvalue weighted by atomic mass is 32.1. The number of piperidine rings is 1. The van der Waals surface area contributed by atoms with Crippen LogP contribution in [0.2, 0.25) is 0 Å². The number of aromatic nitrogens is 1. The highest BCUT2D eigenvalue weighted by Crippen LogP contribution is 2.38. The number of nitrogens with zero attached hydrogens (tertiary/aromatic N) is 3. The molecule has 2 aromatic rings.